The molecule has 1 amide bonds. The summed E-state index contributed by atoms with van der Waals surface area (Å²) in [6.07, 6.45) is 2.00. The molecule has 2 aromatic rings. The van der Waals surface area contributed by atoms with Crippen molar-refractivity contribution in [2.75, 3.05) is 37.6 Å². The van der Waals surface area contributed by atoms with E-state index in [1.165, 1.54) is 11.3 Å². The van der Waals surface area contributed by atoms with Gasteiger partial charge in [0, 0.05) is 42.9 Å². The van der Waals surface area contributed by atoms with Crippen molar-refractivity contribution in [3.63, 3.8) is 0 Å². The molecule has 27 heavy (non-hydrogen) atoms. The Morgan fingerprint density at radius 3 is 2.63 bits per heavy atom. The molecule has 6 heteroatoms. The number of benzene rings is 2. The highest BCUT2D eigenvalue weighted by Crippen LogP contribution is 2.37. The number of nitrogens with zero attached hydrogens (tertiary/aromatic N) is 2. The van der Waals surface area contributed by atoms with E-state index in [2.05, 4.69) is 56.5 Å². The zero-order chi connectivity index (χ0) is 18.6. The molecule has 142 valence electrons. The molecule has 0 radical (unpaired) electrons. The number of carbonyl (C=O) groups excluding carboxylic acids is 1. The number of rotatable bonds is 3. The van der Waals surface area contributed by atoms with E-state index >= 15 is 0 Å². The van der Waals surface area contributed by atoms with E-state index in [4.69, 9.17) is 4.74 Å². The number of nitrogens with one attached hydrogen (secondary N) is 1. The van der Waals surface area contributed by atoms with Gasteiger partial charge in [-0.2, -0.15) is 0 Å². The first-order valence-electron chi connectivity index (χ1n) is 9.50. The molecule has 0 bridgehead atoms. The maximum atomic E-state index is 12.4. The van der Waals surface area contributed by atoms with Crippen molar-refractivity contribution in [1.29, 1.82) is 0 Å². The van der Waals surface area contributed by atoms with E-state index in [0.717, 1.165) is 36.9 Å². The molecule has 1 atom stereocenters. The quantitative estimate of drug-likeness (QED) is 0.793. The molecule has 0 aliphatic carbocycles. The SMILES string of the molecule is O=C(Oc1cccc([C@H]2CCCN2c2ccc(Br)cc2)c1)N1CCNCC1. The molecule has 5 nitrogen and oxygen atoms in total. The lowest BCUT2D eigenvalue weighted by Crippen LogP contribution is -2.47. The molecule has 0 unspecified atom stereocenters. The van der Waals surface area contributed by atoms with Gasteiger partial charge in [0.1, 0.15) is 5.75 Å². The van der Waals surface area contributed by atoms with Crippen LogP contribution in [-0.4, -0.2) is 43.7 Å². The van der Waals surface area contributed by atoms with Gasteiger partial charge in [-0.15, -0.1) is 0 Å². The van der Waals surface area contributed by atoms with Crippen LogP contribution in [0.5, 0.6) is 5.75 Å². The smallest absolute Gasteiger partial charge is 0.410 e. The van der Waals surface area contributed by atoms with Gasteiger partial charge in [-0.25, -0.2) is 4.79 Å². The Morgan fingerprint density at radius 2 is 1.85 bits per heavy atom. The highest BCUT2D eigenvalue weighted by Gasteiger charge is 2.27. The van der Waals surface area contributed by atoms with Crippen molar-refractivity contribution in [1.82, 2.24) is 10.2 Å². The second-order valence-electron chi connectivity index (χ2n) is 7.01. The zero-order valence-corrected chi connectivity index (χ0v) is 16.8. The van der Waals surface area contributed by atoms with Crippen molar-refractivity contribution < 1.29 is 9.53 Å². The molecule has 2 fully saturated rings. The fourth-order valence-electron chi connectivity index (χ4n) is 3.85. The standard InChI is InChI=1S/C21H24BrN3O2/c22-17-6-8-18(9-7-17)25-12-2-5-20(25)16-3-1-4-19(15-16)27-21(26)24-13-10-23-11-14-24/h1,3-4,6-9,15,20,23H,2,5,10-14H2/t20-/m1/s1. The van der Waals surface area contributed by atoms with Gasteiger partial charge >= 0.3 is 6.09 Å². The molecule has 1 N–H and O–H groups in total. The molecule has 2 saturated heterocycles. The number of ether oxygens (including phenoxy) is 1. The molecule has 2 heterocycles. The Hall–Kier alpha value is -2.05. The van der Waals surface area contributed by atoms with Crippen molar-refractivity contribution in [3.05, 3.63) is 58.6 Å². The van der Waals surface area contributed by atoms with Crippen LogP contribution in [0.3, 0.4) is 0 Å². The Bertz CT molecular complexity index is 790. The Kier molecular flexibility index (Phi) is 5.64. The lowest BCUT2D eigenvalue weighted by Gasteiger charge is -2.28. The Labute approximate surface area is 168 Å². The van der Waals surface area contributed by atoms with Gasteiger partial charge in [-0.1, -0.05) is 28.1 Å². The number of hydrogen-bond donors (Lipinski definition) is 1. The van der Waals surface area contributed by atoms with Gasteiger partial charge in [-0.3, -0.25) is 0 Å². The van der Waals surface area contributed by atoms with Crippen LogP contribution in [0.4, 0.5) is 10.5 Å². The predicted molar refractivity (Wildman–Crippen MR) is 110 cm³/mol. The van der Waals surface area contributed by atoms with Crippen LogP contribution in [0.15, 0.2) is 53.0 Å². The largest absolute Gasteiger partial charge is 0.415 e. The van der Waals surface area contributed by atoms with E-state index in [0.29, 0.717) is 24.9 Å². The average molecular weight is 430 g/mol. The minimum atomic E-state index is -0.259. The highest BCUT2D eigenvalue weighted by molar-refractivity contribution is 9.10. The van der Waals surface area contributed by atoms with Gasteiger partial charge < -0.3 is 19.9 Å². The lowest BCUT2D eigenvalue weighted by atomic mass is 10.0. The summed E-state index contributed by atoms with van der Waals surface area (Å²) in [6, 6.07) is 16.8. The summed E-state index contributed by atoms with van der Waals surface area (Å²) in [4.78, 5) is 16.6. The Balaban J connectivity index is 1.49. The molecule has 2 aromatic carbocycles. The number of anilines is 1. The van der Waals surface area contributed by atoms with Crippen LogP contribution < -0.4 is 15.0 Å². The zero-order valence-electron chi connectivity index (χ0n) is 15.2. The highest BCUT2D eigenvalue weighted by atomic mass is 79.9. The van der Waals surface area contributed by atoms with Gasteiger partial charge in [0.2, 0.25) is 0 Å². The molecular weight excluding hydrogens is 406 g/mol. The third-order valence-electron chi connectivity index (χ3n) is 5.23. The second kappa shape index (κ2) is 8.31. The van der Waals surface area contributed by atoms with Gasteiger partial charge in [0.25, 0.3) is 0 Å². The van der Waals surface area contributed by atoms with Gasteiger partial charge in [0.15, 0.2) is 0 Å². The van der Waals surface area contributed by atoms with E-state index in [1.807, 2.05) is 18.2 Å². The molecule has 2 aliphatic rings. The van der Waals surface area contributed by atoms with Crippen LogP contribution in [0.25, 0.3) is 0 Å². The molecule has 4 rings (SSSR count). The number of piperazine rings is 1. The van der Waals surface area contributed by atoms with Crippen LogP contribution in [0.2, 0.25) is 0 Å². The van der Waals surface area contributed by atoms with Crippen LogP contribution >= 0.6 is 15.9 Å². The summed E-state index contributed by atoms with van der Waals surface area (Å²) in [5.41, 5.74) is 2.42. The maximum Gasteiger partial charge on any atom is 0.415 e. The average Bonchev–Trinajstić information content (AvgIpc) is 3.19. The molecule has 2 aliphatic heterocycles. The van der Waals surface area contributed by atoms with Crippen molar-refractivity contribution in [2.24, 2.45) is 0 Å². The molecular formula is C21H24BrN3O2. The second-order valence-corrected chi connectivity index (χ2v) is 7.92. The third-order valence-corrected chi connectivity index (χ3v) is 5.76. The van der Waals surface area contributed by atoms with E-state index in [1.54, 1.807) is 4.90 Å². The number of halogens is 1. The monoisotopic (exact) mass is 429 g/mol. The summed E-state index contributed by atoms with van der Waals surface area (Å²) in [5, 5.41) is 3.25. The summed E-state index contributed by atoms with van der Waals surface area (Å²) >= 11 is 3.50. The topological polar surface area (TPSA) is 44.8 Å². The fourth-order valence-corrected chi connectivity index (χ4v) is 4.12. The fraction of sp³-hybridized carbons (Fsp3) is 0.381. The maximum absolute atomic E-state index is 12.4. The van der Waals surface area contributed by atoms with E-state index in [-0.39, 0.29) is 6.09 Å². The normalized spacial score (nSPS) is 20.0. The van der Waals surface area contributed by atoms with Crippen LogP contribution in [-0.2, 0) is 0 Å². The van der Waals surface area contributed by atoms with Crippen molar-refractivity contribution in [2.45, 2.75) is 18.9 Å². The lowest BCUT2D eigenvalue weighted by molar-refractivity contribution is 0.146. The van der Waals surface area contributed by atoms with Gasteiger partial charge in [-0.05, 0) is 54.8 Å². The Morgan fingerprint density at radius 1 is 1.07 bits per heavy atom. The van der Waals surface area contributed by atoms with Crippen molar-refractivity contribution in [3.8, 4) is 5.75 Å². The van der Waals surface area contributed by atoms with Crippen molar-refractivity contribution >= 4 is 27.7 Å². The molecule has 0 aromatic heterocycles. The summed E-state index contributed by atoms with van der Waals surface area (Å²) < 4.78 is 6.73. The predicted octanol–water partition coefficient (Wildman–Crippen LogP) is 4.19. The number of amides is 1. The first kappa shape index (κ1) is 18.3. The van der Waals surface area contributed by atoms with Crippen LogP contribution in [0.1, 0.15) is 24.4 Å². The van der Waals surface area contributed by atoms with E-state index in [9.17, 15) is 4.79 Å². The minimum Gasteiger partial charge on any atom is -0.410 e. The van der Waals surface area contributed by atoms with Gasteiger partial charge in [0.05, 0.1) is 6.04 Å². The molecule has 0 spiro atoms. The molecule has 0 saturated carbocycles. The number of carbonyl (C=O) groups is 1. The summed E-state index contributed by atoms with van der Waals surface area (Å²) in [5.74, 6) is 0.624. The first-order chi connectivity index (χ1) is 13.2. The summed E-state index contributed by atoms with van der Waals surface area (Å²) in [7, 11) is 0. The summed E-state index contributed by atoms with van der Waals surface area (Å²) in [6.45, 7) is 4.06. The third kappa shape index (κ3) is 4.28. The minimum absolute atomic E-state index is 0.259. The van der Waals surface area contributed by atoms with Crippen LogP contribution in [0, 0.1) is 0 Å². The number of hydrogen-bond acceptors (Lipinski definition) is 4. The van der Waals surface area contributed by atoms with E-state index < -0.39 is 0 Å². The first-order valence-corrected chi connectivity index (χ1v) is 10.3.